The number of nitrogens with one attached hydrogen (secondary N) is 2. The molecule has 0 bridgehead atoms. The van der Waals surface area contributed by atoms with Crippen molar-refractivity contribution in [2.45, 2.75) is 49.8 Å². The maximum atomic E-state index is 12.2. The predicted molar refractivity (Wildman–Crippen MR) is 119 cm³/mol. The molecule has 2 aliphatic heterocycles. The molecule has 0 aromatic heterocycles. The van der Waals surface area contributed by atoms with Crippen molar-refractivity contribution in [2.24, 2.45) is 4.99 Å². The minimum absolute atomic E-state index is 0.0369. The first-order chi connectivity index (χ1) is 14.0. The smallest absolute Gasteiger partial charge is 0.224 e. The van der Waals surface area contributed by atoms with Crippen molar-refractivity contribution in [1.82, 2.24) is 5.32 Å². The van der Waals surface area contributed by atoms with Crippen molar-refractivity contribution >= 4 is 38.4 Å². The number of aliphatic imine (C=N–C) groups is 1. The Bertz CT molecular complexity index is 923. The monoisotopic (exact) mass is 433 g/mol. The van der Waals surface area contributed by atoms with Crippen LogP contribution in [0.1, 0.15) is 37.7 Å². The van der Waals surface area contributed by atoms with Crippen molar-refractivity contribution in [2.75, 3.05) is 23.4 Å². The number of sulfone groups is 1. The molecule has 1 aliphatic carbocycles. The van der Waals surface area contributed by atoms with Crippen LogP contribution in [0, 0.1) is 0 Å². The van der Waals surface area contributed by atoms with E-state index < -0.39 is 9.84 Å². The average Bonchev–Trinajstić information content (AvgIpc) is 3.16. The molecule has 1 aromatic carbocycles. The first kappa shape index (κ1) is 20.5. The lowest BCUT2D eigenvalue weighted by Crippen LogP contribution is -2.26. The highest BCUT2D eigenvalue weighted by Gasteiger charge is 2.42. The van der Waals surface area contributed by atoms with E-state index in [1.807, 2.05) is 24.3 Å². The number of rotatable bonds is 6. The lowest BCUT2D eigenvalue weighted by atomic mass is 9.97. The number of amidine groups is 1. The third-order valence-corrected chi connectivity index (χ3v) is 8.68. The minimum atomic E-state index is -2.93. The van der Waals surface area contributed by atoms with Crippen LogP contribution in [0.2, 0.25) is 0 Å². The van der Waals surface area contributed by atoms with Gasteiger partial charge in [-0.2, -0.15) is 0 Å². The molecule has 0 saturated carbocycles. The van der Waals surface area contributed by atoms with Crippen LogP contribution in [0.25, 0.3) is 0 Å². The second kappa shape index (κ2) is 8.92. The van der Waals surface area contributed by atoms with E-state index in [9.17, 15) is 13.2 Å². The number of allylic oxidation sites excluding steroid dienone is 1. The third-order valence-electron chi connectivity index (χ3n) is 5.54. The van der Waals surface area contributed by atoms with Gasteiger partial charge in [0, 0.05) is 17.5 Å². The normalized spacial score (nSPS) is 25.1. The second-order valence-corrected chi connectivity index (χ2v) is 11.3. The Kier molecular flexibility index (Phi) is 6.29. The fourth-order valence-electron chi connectivity index (χ4n) is 3.99. The number of carbonyl (C=O) groups excluding carboxylic acids is 1. The summed E-state index contributed by atoms with van der Waals surface area (Å²) in [5, 5.41) is 7.09. The topological polar surface area (TPSA) is 87.6 Å². The molecule has 3 aliphatic rings. The quantitative estimate of drug-likeness (QED) is 0.674. The van der Waals surface area contributed by atoms with Crippen LogP contribution in [0.5, 0.6) is 0 Å². The van der Waals surface area contributed by atoms with Crippen molar-refractivity contribution in [1.29, 1.82) is 0 Å². The number of anilines is 1. The molecule has 2 heterocycles. The molecular weight excluding hydrogens is 406 g/mol. The SMILES string of the molecule is O=C(Cc1ccc(NC2=N[C@@H]3CS(=O)(=O)C[C@@H]3S2)cc1)NCCC1=CCCCC1. The van der Waals surface area contributed by atoms with Crippen molar-refractivity contribution in [3.8, 4) is 0 Å². The second-order valence-electron chi connectivity index (χ2n) is 7.94. The van der Waals surface area contributed by atoms with Crippen LogP contribution >= 0.6 is 11.8 Å². The number of amides is 1. The molecule has 1 fully saturated rings. The first-order valence-electron chi connectivity index (χ1n) is 10.2. The Morgan fingerprint density at radius 1 is 1.17 bits per heavy atom. The summed E-state index contributed by atoms with van der Waals surface area (Å²) in [5.74, 6) is 0.413. The largest absolute Gasteiger partial charge is 0.355 e. The highest BCUT2D eigenvalue weighted by atomic mass is 32.2. The zero-order valence-corrected chi connectivity index (χ0v) is 18.0. The van der Waals surface area contributed by atoms with Gasteiger partial charge in [0.15, 0.2) is 15.0 Å². The van der Waals surface area contributed by atoms with Crippen LogP contribution in [-0.4, -0.2) is 48.8 Å². The van der Waals surface area contributed by atoms with E-state index in [2.05, 4.69) is 21.7 Å². The Morgan fingerprint density at radius 2 is 2.00 bits per heavy atom. The Hall–Kier alpha value is -1.80. The van der Waals surface area contributed by atoms with Crippen LogP contribution in [0.3, 0.4) is 0 Å². The van der Waals surface area contributed by atoms with Gasteiger partial charge in [-0.3, -0.25) is 9.79 Å². The van der Waals surface area contributed by atoms with Gasteiger partial charge in [0.2, 0.25) is 5.91 Å². The highest BCUT2D eigenvalue weighted by Crippen LogP contribution is 2.34. The van der Waals surface area contributed by atoms with Gasteiger partial charge in [0.1, 0.15) is 0 Å². The molecule has 8 heteroatoms. The Labute approximate surface area is 176 Å². The Balaban J connectivity index is 1.22. The van der Waals surface area contributed by atoms with Crippen LogP contribution < -0.4 is 10.6 Å². The summed E-state index contributed by atoms with van der Waals surface area (Å²) in [6.07, 6.45) is 8.55. The van der Waals surface area contributed by atoms with Gasteiger partial charge in [-0.25, -0.2) is 8.42 Å². The fraction of sp³-hybridized carbons (Fsp3) is 0.524. The number of nitrogens with zero attached hydrogens (tertiary/aromatic N) is 1. The number of benzene rings is 1. The van der Waals surface area contributed by atoms with E-state index in [1.54, 1.807) is 0 Å². The van der Waals surface area contributed by atoms with Crippen molar-refractivity contribution < 1.29 is 13.2 Å². The van der Waals surface area contributed by atoms with Crippen molar-refractivity contribution in [3.63, 3.8) is 0 Å². The van der Waals surface area contributed by atoms with E-state index in [-0.39, 0.29) is 28.7 Å². The first-order valence-corrected chi connectivity index (χ1v) is 12.9. The van der Waals surface area contributed by atoms with Gasteiger partial charge in [-0.15, -0.1) is 0 Å². The molecule has 6 nitrogen and oxygen atoms in total. The molecule has 1 amide bonds. The van der Waals surface area contributed by atoms with Gasteiger partial charge in [0.05, 0.1) is 24.0 Å². The molecule has 29 heavy (non-hydrogen) atoms. The zero-order chi connectivity index (χ0) is 20.3. The molecule has 1 saturated heterocycles. The van der Waals surface area contributed by atoms with Gasteiger partial charge >= 0.3 is 0 Å². The molecule has 2 N–H and O–H groups in total. The average molecular weight is 434 g/mol. The summed E-state index contributed by atoms with van der Waals surface area (Å²) in [6.45, 7) is 0.708. The van der Waals surface area contributed by atoms with Crippen LogP contribution in [0.4, 0.5) is 5.69 Å². The number of fused-ring (bicyclic) bond motifs is 1. The molecule has 0 spiro atoms. The molecule has 2 atom stereocenters. The standard InChI is InChI=1S/C21H27N3O3S2/c25-20(22-11-10-15-4-2-1-3-5-15)12-16-6-8-17(9-7-16)23-21-24-18-13-29(26,27)14-19(18)28-21/h4,6-9,18-19H,1-3,5,10-14H2,(H,22,25)(H,23,24)/t18-,19+/m1/s1. The van der Waals surface area contributed by atoms with Crippen molar-refractivity contribution in [3.05, 3.63) is 41.5 Å². The summed E-state index contributed by atoms with van der Waals surface area (Å²) in [5.41, 5.74) is 3.34. The Morgan fingerprint density at radius 3 is 2.72 bits per heavy atom. The predicted octanol–water partition coefficient (Wildman–Crippen LogP) is 2.92. The molecule has 0 radical (unpaired) electrons. The van der Waals surface area contributed by atoms with E-state index >= 15 is 0 Å². The summed E-state index contributed by atoms with van der Waals surface area (Å²) in [4.78, 5) is 16.7. The van der Waals surface area contributed by atoms with E-state index in [0.29, 0.717) is 13.0 Å². The summed E-state index contributed by atoms with van der Waals surface area (Å²) >= 11 is 1.51. The maximum absolute atomic E-state index is 12.2. The number of carbonyl (C=O) groups is 1. The minimum Gasteiger partial charge on any atom is -0.355 e. The van der Waals surface area contributed by atoms with Crippen LogP contribution in [-0.2, 0) is 21.1 Å². The van der Waals surface area contributed by atoms with Crippen LogP contribution in [0.15, 0.2) is 40.9 Å². The zero-order valence-electron chi connectivity index (χ0n) is 16.4. The van der Waals surface area contributed by atoms with E-state index in [1.165, 1.54) is 43.0 Å². The molecule has 4 rings (SSSR count). The fourth-order valence-corrected chi connectivity index (χ4v) is 7.66. The molecule has 1 aromatic rings. The van der Waals surface area contributed by atoms with E-state index in [4.69, 9.17) is 0 Å². The third kappa shape index (κ3) is 5.63. The summed E-state index contributed by atoms with van der Waals surface area (Å²) in [6, 6.07) is 7.63. The molecule has 156 valence electrons. The molecular formula is C21H27N3O3S2. The molecule has 0 unspecified atom stereocenters. The van der Waals surface area contributed by atoms with E-state index in [0.717, 1.165) is 22.8 Å². The maximum Gasteiger partial charge on any atom is 0.224 e. The lowest BCUT2D eigenvalue weighted by Gasteiger charge is -2.13. The summed E-state index contributed by atoms with van der Waals surface area (Å²) in [7, 11) is -2.93. The lowest BCUT2D eigenvalue weighted by molar-refractivity contribution is -0.120. The number of hydrogen-bond donors (Lipinski definition) is 2. The van der Waals surface area contributed by atoms with Gasteiger partial charge in [0.25, 0.3) is 0 Å². The highest BCUT2D eigenvalue weighted by molar-refractivity contribution is 8.15. The number of hydrogen-bond acceptors (Lipinski definition) is 6. The van der Waals surface area contributed by atoms with Gasteiger partial charge in [-0.05, 0) is 49.8 Å². The number of thioether (sulfide) groups is 1. The van der Waals surface area contributed by atoms with Gasteiger partial charge < -0.3 is 10.6 Å². The van der Waals surface area contributed by atoms with Gasteiger partial charge in [-0.1, -0.05) is 35.5 Å². The summed E-state index contributed by atoms with van der Waals surface area (Å²) < 4.78 is 23.3.